The number of hydrogen-bond acceptors (Lipinski definition) is 3. The Morgan fingerprint density at radius 3 is 2.78 bits per heavy atom. The monoisotopic (exact) mass is 239 g/mol. The van der Waals surface area contributed by atoms with Crippen LogP contribution in [0.5, 0.6) is 0 Å². The molecule has 0 aliphatic carbocycles. The molecule has 0 fully saturated rings. The maximum atomic E-state index is 11.7. The molecule has 2 aromatic rings. The number of nitrogens with zero attached hydrogens (tertiary/aromatic N) is 2. The van der Waals surface area contributed by atoms with Crippen molar-refractivity contribution < 1.29 is 0 Å². The summed E-state index contributed by atoms with van der Waals surface area (Å²) in [5, 5.41) is 8.80. The number of rotatable bonds is 2. The van der Waals surface area contributed by atoms with E-state index in [0.29, 0.717) is 17.8 Å². The Kier molecular flexibility index (Phi) is 3.16. The SMILES string of the molecule is Cc1cc(C#N)ccc1Cn1cc(N)ccc1=O. The molecule has 0 aliphatic rings. The fourth-order valence-corrected chi connectivity index (χ4v) is 1.80. The Hall–Kier alpha value is -2.54. The van der Waals surface area contributed by atoms with Gasteiger partial charge in [0.05, 0.1) is 18.2 Å². The lowest BCUT2D eigenvalue weighted by molar-refractivity contribution is 0.757. The lowest BCUT2D eigenvalue weighted by atomic mass is 10.1. The number of anilines is 1. The fraction of sp³-hybridized carbons (Fsp3) is 0.143. The maximum Gasteiger partial charge on any atom is 0.250 e. The molecule has 0 bridgehead atoms. The van der Waals surface area contributed by atoms with Crippen LogP contribution in [0.1, 0.15) is 16.7 Å². The van der Waals surface area contributed by atoms with Gasteiger partial charge < -0.3 is 10.3 Å². The van der Waals surface area contributed by atoms with Crippen molar-refractivity contribution in [2.45, 2.75) is 13.5 Å². The molecule has 0 amide bonds. The molecule has 1 aromatic heterocycles. The smallest absolute Gasteiger partial charge is 0.250 e. The van der Waals surface area contributed by atoms with Gasteiger partial charge >= 0.3 is 0 Å². The van der Waals surface area contributed by atoms with E-state index in [1.807, 2.05) is 19.1 Å². The average Bonchev–Trinajstić information content (AvgIpc) is 2.36. The molecule has 0 radical (unpaired) electrons. The largest absolute Gasteiger partial charge is 0.398 e. The lowest BCUT2D eigenvalue weighted by Gasteiger charge is -2.09. The minimum absolute atomic E-state index is 0.0899. The van der Waals surface area contributed by atoms with Crippen LogP contribution in [0.25, 0.3) is 0 Å². The van der Waals surface area contributed by atoms with E-state index in [9.17, 15) is 4.79 Å². The molecule has 0 saturated heterocycles. The van der Waals surface area contributed by atoms with E-state index in [1.165, 1.54) is 6.07 Å². The molecule has 1 heterocycles. The molecule has 4 nitrogen and oxygen atoms in total. The third-order valence-electron chi connectivity index (χ3n) is 2.82. The first-order chi connectivity index (χ1) is 8.60. The van der Waals surface area contributed by atoms with Crippen molar-refractivity contribution in [3.63, 3.8) is 0 Å². The Bertz CT molecular complexity index is 680. The molecule has 0 spiro atoms. The van der Waals surface area contributed by atoms with Crippen molar-refractivity contribution in [3.8, 4) is 6.07 Å². The number of nitrogen functional groups attached to an aromatic ring is 1. The summed E-state index contributed by atoms with van der Waals surface area (Å²) in [5.74, 6) is 0. The van der Waals surface area contributed by atoms with Crippen LogP contribution < -0.4 is 11.3 Å². The van der Waals surface area contributed by atoms with Crippen molar-refractivity contribution in [1.29, 1.82) is 5.26 Å². The van der Waals surface area contributed by atoms with E-state index in [4.69, 9.17) is 11.0 Å². The van der Waals surface area contributed by atoms with E-state index in [1.54, 1.807) is 22.9 Å². The van der Waals surface area contributed by atoms with Crippen LogP contribution in [-0.4, -0.2) is 4.57 Å². The second kappa shape index (κ2) is 4.76. The normalized spacial score (nSPS) is 10.0. The topological polar surface area (TPSA) is 71.8 Å². The molecule has 0 aliphatic heterocycles. The van der Waals surface area contributed by atoms with Crippen LogP contribution >= 0.6 is 0 Å². The first-order valence-corrected chi connectivity index (χ1v) is 5.56. The molecule has 2 rings (SSSR count). The van der Waals surface area contributed by atoms with E-state index in [0.717, 1.165) is 11.1 Å². The van der Waals surface area contributed by atoms with E-state index in [2.05, 4.69) is 6.07 Å². The highest BCUT2D eigenvalue weighted by Crippen LogP contribution is 2.12. The third kappa shape index (κ3) is 2.41. The molecular weight excluding hydrogens is 226 g/mol. The predicted octanol–water partition coefficient (Wildman–Crippen LogP) is 1.66. The van der Waals surface area contributed by atoms with Gasteiger partial charge in [-0.15, -0.1) is 0 Å². The summed E-state index contributed by atoms with van der Waals surface area (Å²) in [6.07, 6.45) is 1.62. The van der Waals surface area contributed by atoms with Gasteiger partial charge in [0.2, 0.25) is 0 Å². The summed E-state index contributed by atoms with van der Waals surface area (Å²) in [7, 11) is 0. The van der Waals surface area contributed by atoms with E-state index >= 15 is 0 Å². The molecule has 4 heteroatoms. The zero-order valence-electron chi connectivity index (χ0n) is 10.1. The van der Waals surface area contributed by atoms with Gasteiger partial charge in [0, 0.05) is 18.0 Å². The predicted molar refractivity (Wildman–Crippen MR) is 70.1 cm³/mol. The molecule has 1 aromatic carbocycles. The second-order valence-corrected chi connectivity index (χ2v) is 4.18. The van der Waals surface area contributed by atoms with Crippen molar-refractivity contribution >= 4 is 5.69 Å². The fourth-order valence-electron chi connectivity index (χ4n) is 1.80. The molecule has 0 unspecified atom stereocenters. The number of nitriles is 1. The zero-order valence-corrected chi connectivity index (χ0v) is 10.1. The van der Waals surface area contributed by atoms with Crippen LogP contribution in [0, 0.1) is 18.3 Å². The van der Waals surface area contributed by atoms with E-state index < -0.39 is 0 Å². The standard InChI is InChI=1S/C14H13N3O/c1-10-6-11(7-15)2-3-12(10)8-17-9-13(16)4-5-14(17)18/h2-6,9H,8,16H2,1H3. The summed E-state index contributed by atoms with van der Waals surface area (Å²) in [6.45, 7) is 2.38. The second-order valence-electron chi connectivity index (χ2n) is 4.18. The summed E-state index contributed by atoms with van der Waals surface area (Å²) < 4.78 is 1.56. The van der Waals surface area contributed by atoms with Crippen molar-refractivity contribution in [1.82, 2.24) is 4.57 Å². The van der Waals surface area contributed by atoms with Gasteiger partial charge in [-0.2, -0.15) is 5.26 Å². The first-order valence-electron chi connectivity index (χ1n) is 5.56. The zero-order chi connectivity index (χ0) is 13.1. The number of pyridine rings is 1. The third-order valence-corrected chi connectivity index (χ3v) is 2.82. The molecule has 18 heavy (non-hydrogen) atoms. The van der Waals surface area contributed by atoms with Gasteiger partial charge in [-0.1, -0.05) is 6.07 Å². The van der Waals surface area contributed by atoms with Gasteiger partial charge in [-0.05, 0) is 36.2 Å². The van der Waals surface area contributed by atoms with Crippen molar-refractivity contribution in [3.05, 3.63) is 63.6 Å². The minimum Gasteiger partial charge on any atom is -0.398 e. The van der Waals surface area contributed by atoms with Gasteiger partial charge in [-0.25, -0.2) is 0 Å². The molecule has 0 saturated carbocycles. The van der Waals surface area contributed by atoms with Crippen LogP contribution in [-0.2, 0) is 6.54 Å². The van der Waals surface area contributed by atoms with Gasteiger partial charge in [0.15, 0.2) is 0 Å². The number of aromatic nitrogens is 1. The Morgan fingerprint density at radius 1 is 1.33 bits per heavy atom. The molecule has 0 atom stereocenters. The lowest BCUT2D eigenvalue weighted by Crippen LogP contribution is -2.19. The Balaban J connectivity index is 2.38. The van der Waals surface area contributed by atoms with E-state index in [-0.39, 0.29) is 5.56 Å². The quantitative estimate of drug-likeness (QED) is 0.866. The summed E-state index contributed by atoms with van der Waals surface area (Å²) in [6, 6.07) is 10.6. The highest BCUT2D eigenvalue weighted by molar-refractivity contribution is 5.38. The number of hydrogen-bond donors (Lipinski definition) is 1. The number of nitrogens with two attached hydrogens (primary N) is 1. The minimum atomic E-state index is -0.0899. The first kappa shape index (κ1) is 11.9. The van der Waals surface area contributed by atoms with Crippen LogP contribution in [0.15, 0.2) is 41.3 Å². The Morgan fingerprint density at radius 2 is 2.11 bits per heavy atom. The summed E-state index contributed by atoms with van der Waals surface area (Å²) in [5.41, 5.74) is 8.74. The summed E-state index contributed by atoms with van der Waals surface area (Å²) in [4.78, 5) is 11.7. The van der Waals surface area contributed by atoms with Crippen LogP contribution in [0.4, 0.5) is 5.69 Å². The van der Waals surface area contributed by atoms with Gasteiger partial charge in [0.25, 0.3) is 5.56 Å². The molecule has 2 N–H and O–H groups in total. The average molecular weight is 239 g/mol. The number of benzene rings is 1. The van der Waals surface area contributed by atoms with Crippen LogP contribution in [0.2, 0.25) is 0 Å². The molecule has 90 valence electrons. The van der Waals surface area contributed by atoms with Crippen LogP contribution in [0.3, 0.4) is 0 Å². The van der Waals surface area contributed by atoms with Gasteiger partial charge in [0.1, 0.15) is 0 Å². The van der Waals surface area contributed by atoms with Crippen molar-refractivity contribution in [2.24, 2.45) is 0 Å². The summed E-state index contributed by atoms with van der Waals surface area (Å²) >= 11 is 0. The highest BCUT2D eigenvalue weighted by Gasteiger charge is 2.03. The Labute approximate surface area is 105 Å². The van der Waals surface area contributed by atoms with Crippen molar-refractivity contribution in [2.75, 3.05) is 5.73 Å². The highest BCUT2D eigenvalue weighted by atomic mass is 16.1. The maximum absolute atomic E-state index is 11.7. The number of aryl methyl sites for hydroxylation is 1. The molecular formula is C14H13N3O. The van der Waals surface area contributed by atoms with Gasteiger partial charge in [-0.3, -0.25) is 4.79 Å².